The molecule has 0 spiro atoms. The van der Waals surface area contributed by atoms with Crippen LogP contribution >= 0.6 is 0 Å². The summed E-state index contributed by atoms with van der Waals surface area (Å²) in [5.74, 6) is 1.54. The molecule has 0 radical (unpaired) electrons. The molecule has 2 fully saturated rings. The fourth-order valence-electron chi connectivity index (χ4n) is 3.79. The highest BCUT2D eigenvalue weighted by Crippen LogP contribution is 2.38. The van der Waals surface area contributed by atoms with Crippen molar-refractivity contribution in [3.05, 3.63) is 12.7 Å². The molecule has 158 valence electrons. The lowest BCUT2D eigenvalue weighted by Crippen LogP contribution is -2.44. The van der Waals surface area contributed by atoms with Crippen molar-refractivity contribution in [2.24, 2.45) is 16.8 Å². The highest BCUT2D eigenvalue weighted by Gasteiger charge is 2.44. The number of likely N-dealkylation sites (N-methyl/N-ethyl adjacent to an activating group) is 1. The second-order valence-electron chi connectivity index (χ2n) is 8.76. The van der Waals surface area contributed by atoms with E-state index in [-0.39, 0.29) is 24.6 Å². The molecular formula is C20H35N5O3. The molecule has 2 N–H and O–H groups in total. The lowest BCUT2D eigenvalue weighted by molar-refractivity contribution is -0.127. The Bertz CT molecular complexity index is 611. The first kappa shape index (κ1) is 22.0. The molecule has 2 aliphatic rings. The van der Waals surface area contributed by atoms with Crippen molar-refractivity contribution in [3.8, 4) is 0 Å². The number of nitrogens with one attached hydrogen (secondary N) is 2. The van der Waals surface area contributed by atoms with Crippen LogP contribution in [0.5, 0.6) is 0 Å². The van der Waals surface area contributed by atoms with E-state index < -0.39 is 5.60 Å². The number of carbonyl (C=O) groups excluding carboxylic acids is 2. The van der Waals surface area contributed by atoms with Crippen molar-refractivity contribution in [2.45, 2.75) is 45.3 Å². The number of aliphatic imine (C=N–C) groups is 1. The number of rotatable bonds is 5. The Labute approximate surface area is 168 Å². The number of ether oxygens (including phenoxy) is 1. The molecule has 8 heteroatoms. The van der Waals surface area contributed by atoms with E-state index >= 15 is 0 Å². The van der Waals surface area contributed by atoms with Crippen molar-refractivity contribution in [1.29, 1.82) is 0 Å². The zero-order valence-electron chi connectivity index (χ0n) is 17.8. The first-order valence-corrected chi connectivity index (χ1v) is 9.94. The molecule has 0 aromatic carbocycles. The van der Waals surface area contributed by atoms with Crippen LogP contribution in [0.15, 0.2) is 17.6 Å². The third kappa shape index (κ3) is 6.14. The van der Waals surface area contributed by atoms with E-state index in [4.69, 9.17) is 4.74 Å². The maximum atomic E-state index is 12.2. The van der Waals surface area contributed by atoms with E-state index in [9.17, 15) is 9.59 Å². The van der Waals surface area contributed by atoms with Crippen molar-refractivity contribution in [2.75, 3.05) is 40.3 Å². The second-order valence-corrected chi connectivity index (χ2v) is 8.76. The van der Waals surface area contributed by atoms with Crippen LogP contribution in [0.4, 0.5) is 4.79 Å². The van der Waals surface area contributed by atoms with Gasteiger partial charge in [0.2, 0.25) is 5.91 Å². The molecule has 2 amide bonds. The van der Waals surface area contributed by atoms with Gasteiger partial charge in [-0.1, -0.05) is 6.08 Å². The molecule has 1 heterocycles. The topological polar surface area (TPSA) is 86.3 Å². The zero-order valence-corrected chi connectivity index (χ0v) is 17.8. The van der Waals surface area contributed by atoms with Gasteiger partial charge in [-0.05, 0) is 39.5 Å². The van der Waals surface area contributed by atoms with Crippen LogP contribution in [0, 0.1) is 11.8 Å². The average Bonchev–Trinajstić information content (AvgIpc) is 3.15. The molecule has 0 bridgehead atoms. The Morgan fingerprint density at radius 1 is 1.29 bits per heavy atom. The molecule has 3 unspecified atom stereocenters. The maximum Gasteiger partial charge on any atom is 0.407 e. The highest BCUT2D eigenvalue weighted by atomic mass is 16.6. The number of fused-ring (bicyclic) bond motifs is 1. The fourth-order valence-corrected chi connectivity index (χ4v) is 3.79. The van der Waals surface area contributed by atoms with Crippen molar-refractivity contribution < 1.29 is 14.3 Å². The monoisotopic (exact) mass is 393 g/mol. The maximum absolute atomic E-state index is 12.2. The van der Waals surface area contributed by atoms with Gasteiger partial charge in [-0.3, -0.25) is 4.79 Å². The fraction of sp³-hybridized carbons (Fsp3) is 0.750. The SMILES string of the molecule is C=CCNC(=NCC(=O)N(C)C)N1CC2CCC(NC(=O)OC(C)(C)C)C2C1. The smallest absolute Gasteiger partial charge is 0.407 e. The molecule has 1 aliphatic carbocycles. The predicted octanol–water partition coefficient (Wildman–Crippen LogP) is 1.44. The van der Waals surface area contributed by atoms with Crippen molar-refractivity contribution in [3.63, 3.8) is 0 Å². The number of hydrogen-bond donors (Lipinski definition) is 2. The van der Waals surface area contributed by atoms with Gasteiger partial charge in [0, 0.05) is 45.7 Å². The third-order valence-corrected chi connectivity index (χ3v) is 5.13. The van der Waals surface area contributed by atoms with Crippen molar-refractivity contribution >= 4 is 18.0 Å². The summed E-state index contributed by atoms with van der Waals surface area (Å²) in [5.41, 5.74) is -0.503. The van der Waals surface area contributed by atoms with E-state index in [0.717, 1.165) is 31.9 Å². The first-order chi connectivity index (χ1) is 13.1. The third-order valence-electron chi connectivity index (χ3n) is 5.13. The summed E-state index contributed by atoms with van der Waals surface area (Å²) in [6.07, 6.45) is 3.44. The Kier molecular flexibility index (Phi) is 7.32. The van der Waals surface area contributed by atoms with E-state index in [2.05, 4.69) is 27.1 Å². The minimum atomic E-state index is -0.503. The van der Waals surface area contributed by atoms with Crippen molar-refractivity contribution in [1.82, 2.24) is 20.4 Å². The summed E-state index contributed by atoms with van der Waals surface area (Å²) in [4.78, 5) is 32.3. The quantitative estimate of drug-likeness (QED) is 0.419. The number of hydrogen-bond acceptors (Lipinski definition) is 4. The number of guanidine groups is 1. The molecule has 3 atom stereocenters. The van der Waals surface area contributed by atoms with Gasteiger partial charge >= 0.3 is 6.09 Å². The molecule has 28 heavy (non-hydrogen) atoms. The summed E-state index contributed by atoms with van der Waals surface area (Å²) < 4.78 is 5.41. The van der Waals surface area contributed by atoms with Gasteiger partial charge in [0.1, 0.15) is 12.1 Å². The number of nitrogens with zero attached hydrogens (tertiary/aromatic N) is 3. The number of alkyl carbamates (subject to hydrolysis) is 1. The zero-order chi connectivity index (χ0) is 20.9. The lowest BCUT2D eigenvalue weighted by Gasteiger charge is -2.26. The van der Waals surface area contributed by atoms with Crippen LogP contribution in [0.2, 0.25) is 0 Å². The Morgan fingerprint density at radius 2 is 2.00 bits per heavy atom. The van der Waals surface area contributed by atoms with Crippen LogP contribution in [-0.2, 0) is 9.53 Å². The summed E-state index contributed by atoms with van der Waals surface area (Å²) in [6.45, 7) is 11.7. The largest absolute Gasteiger partial charge is 0.444 e. The summed E-state index contributed by atoms with van der Waals surface area (Å²) in [6, 6.07) is 0.105. The van der Waals surface area contributed by atoms with Crippen LogP contribution < -0.4 is 10.6 Å². The van der Waals surface area contributed by atoms with Gasteiger partial charge in [0.25, 0.3) is 0 Å². The summed E-state index contributed by atoms with van der Waals surface area (Å²) >= 11 is 0. The summed E-state index contributed by atoms with van der Waals surface area (Å²) in [7, 11) is 3.45. The normalized spacial score (nSPS) is 24.5. The molecular weight excluding hydrogens is 358 g/mol. The number of carbonyl (C=O) groups is 2. The minimum Gasteiger partial charge on any atom is -0.444 e. The van der Waals surface area contributed by atoms with E-state index in [1.807, 2.05) is 20.8 Å². The standard InChI is InChI=1S/C20H35N5O3/c1-7-10-21-18(22-11-17(26)24(5)6)25-12-14-8-9-16(15(14)13-25)23-19(27)28-20(2,3)4/h7,14-16H,1,8-13H2,2-6H3,(H,21,22)(H,23,27). The first-order valence-electron chi connectivity index (χ1n) is 9.94. The lowest BCUT2D eigenvalue weighted by atomic mass is 9.98. The molecule has 1 aliphatic heterocycles. The Morgan fingerprint density at radius 3 is 2.61 bits per heavy atom. The number of likely N-dealkylation sites (tertiary alicyclic amines) is 1. The molecule has 0 aromatic heterocycles. The Balaban J connectivity index is 2.00. The second kappa shape index (κ2) is 9.30. The molecule has 8 nitrogen and oxygen atoms in total. The van der Waals surface area contributed by atoms with Crippen LogP contribution in [0.1, 0.15) is 33.6 Å². The van der Waals surface area contributed by atoms with E-state index in [1.165, 1.54) is 4.90 Å². The van der Waals surface area contributed by atoms with Gasteiger partial charge in [-0.15, -0.1) is 6.58 Å². The molecule has 0 aromatic rings. The van der Waals surface area contributed by atoms with Crippen LogP contribution in [0.3, 0.4) is 0 Å². The number of amides is 2. The minimum absolute atomic E-state index is 0.0400. The van der Waals surface area contributed by atoms with Crippen LogP contribution in [-0.4, -0.2) is 79.7 Å². The molecule has 2 rings (SSSR count). The Hall–Kier alpha value is -2.25. The van der Waals surface area contributed by atoms with E-state index in [1.54, 1.807) is 20.2 Å². The predicted molar refractivity (Wildman–Crippen MR) is 110 cm³/mol. The summed E-state index contributed by atoms with van der Waals surface area (Å²) in [5, 5.41) is 6.31. The highest BCUT2D eigenvalue weighted by molar-refractivity contribution is 5.85. The van der Waals surface area contributed by atoms with Gasteiger partial charge in [-0.2, -0.15) is 0 Å². The van der Waals surface area contributed by atoms with Gasteiger partial charge in [0.05, 0.1) is 0 Å². The average molecular weight is 394 g/mol. The van der Waals surface area contributed by atoms with Gasteiger partial charge < -0.3 is 25.2 Å². The molecule has 1 saturated carbocycles. The van der Waals surface area contributed by atoms with E-state index in [0.29, 0.717) is 18.4 Å². The van der Waals surface area contributed by atoms with Crippen LogP contribution in [0.25, 0.3) is 0 Å². The van der Waals surface area contributed by atoms with Gasteiger partial charge in [-0.25, -0.2) is 9.79 Å². The molecule has 1 saturated heterocycles. The van der Waals surface area contributed by atoms with Gasteiger partial charge in [0.15, 0.2) is 5.96 Å².